The Bertz CT molecular complexity index is 1110. The van der Waals surface area contributed by atoms with Gasteiger partial charge in [0.15, 0.2) is 0 Å². The summed E-state index contributed by atoms with van der Waals surface area (Å²) in [5.74, 6) is -0.182. The third-order valence-electron chi connectivity index (χ3n) is 7.06. The van der Waals surface area contributed by atoms with E-state index in [1.54, 1.807) is 24.5 Å². The molecular formula is C27H29FN4O2. The number of halogens is 1. The molecule has 0 aliphatic carbocycles. The van der Waals surface area contributed by atoms with E-state index in [2.05, 4.69) is 39.5 Å². The summed E-state index contributed by atoms with van der Waals surface area (Å²) < 4.78 is 13.2. The van der Waals surface area contributed by atoms with E-state index in [1.165, 1.54) is 17.7 Å². The molecule has 5 rings (SSSR count). The molecule has 3 heterocycles. The normalized spacial score (nSPS) is 22.8. The van der Waals surface area contributed by atoms with Gasteiger partial charge in [-0.25, -0.2) is 9.18 Å². The standard InChI is InChI=1S/C27H29FN4O2/c28-22-7-9-23(10-8-22)30-27(34)31-15-1-2-16-32-24(17-31)26(25(32)18-33)21-5-3-19(4-6-21)20-11-13-29-14-12-20/h3-14,24-26,33H,1-2,15-18H2,(H,30,34)/t24-,25+,26-/m0/s1. The molecule has 2 aliphatic rings. The second-order valence-electron chi connectivity index (χ2n) is 9.03. The second kappa shape index (κ2) is 9.91. The van der Waals surface area contributed by atoms with Crippen LogP contribution in [0.3, 0.4) is 0 Å². The first-order valence-electron chi connectivity index (χ1n) is 11.8. The Morgan fingerprint density at radius 1 is 0.971 bits per heavy atom. The summed E-state index contributed by atoms with van der Waals surface area (Å²) in [7, 11) is 0. The molecule has 3 atom stereocenters. The molecule has 176 valence electrons. The van der Waals surface area contributed by atoms with E-state index in [9.17, 15) is 14.3 Å². The van der Waals surface area contributed by atoms with Crippen LogP contribution in [0.15, 0.2) is 73.1 Å². The summed E-state index contributed by atoms with van der Waals surface area (Å²) in [5, 5.41) is 13.1. The van der Waals surface area contributed by atoms with Crippen LogP contribution >= 0.6 is 0 Å². The molecule has 0 saturated carbocycles. The number of urea groups is 1. The van der Waals surface area contributed by atoms with Gasteiger partial charge in [0.2, 0.25) is 0 Å². The van der Waals surface area contributed by atoms with Gasteiger partial charge in [0.25, 0.3) is 0 Å². The lowest BCUT2D eigenvalue weighted by Crippen LogP contribution is -2.68. The molecule has 2 amide bonds. The smallest absolute Gasteiger partial charge is 0.321 e. The van der Waals surface area contributed by atoms with Gasteiger partial charge in [-0.15, -0.1) is 0 Å². The minimum absolute atomic E-state index is 0.0527. The zero-order chi connectivity index (χ0) is 23.5. The van der Waals surface area contributed by atoms with Gasteiger partial charge in [-0.2, -0.15) is 0 Å². The number of hydrogen-bond acceptors (Lipinski definition) is 4. The number of amides is 2. The lowest BCUT2D eigenvalue weighted by atomic mass is 9.74. The Morgan fingerprint density at radius 3 is 2.35 bits per heavy atom. The largest absolute Gasteiger partial charge is 0.395 e. The number of anilines is 1. The highest BCUT2D eigenvalue weighted by Crippen LogP contribution is 2.42. The van der Waals surface area contributed by atoms with E-state index in [-0.39, 0.29) is 36.5 Å². The van der Waals surface area contributed by atoms with Gasteiger partial charge in [-0.3, -0.25) is 9.88 Å². The minimum Gasteiger partial charge on any atom is -0.395 e. The summed E-state index contributed by atoms with van der Waals surface area (Å²) >= 11 is 0. The summed E-state index contributed by atoms with van der Waals surface area (Å²) in [5.41, 5.74) is 4.00. The van der Waals surface area contributed by atoms with E-state index in [0.717, 1.165) is 30.5 Å². The molecule has 7 heteroatoms. The number of rotatable bonds is 4. The van der Waals surface area contributed by atoms with Crippen LogP contribution in [0, 0.1) is 5.82 Å². The van der Waals surface area contributed by atoms with Crippen molar-refractivity contribution in [2.24, 2.45) is 0 Å². The highest BCUT2D eigenvalue weighted by molar-refractivity contribution is 5.89. The number of pyridine rings is 1. The second-order valence-corrected chi connectivity index (χ2v) is 9.03. The van der Waals surface area contributed by atoms with E-state index in [0.29, 0.717) is 18.8 Å². The molecule has 2 aromatic carbocycles. The molecule has 1 aromatic heterocycles. The number of nitrogens with zero attached hydrogens (tertiary/aromatic N) is 3. The number of hydrogen-bond donors (Lipinski definition) is 2. The summed E-state index contributed by atoms with van der Waals surface area (Å²) in [4.78, 5) is 21.3. The van der Waals surface area contributed by atoms with Gasteiger partial charge in [-0.1, -0.05) is 24.3 Å². The molecule has 0 spiro atoms. The Hall–Kier alpha value is -3.29. The molecule has 0 bridgehead atoms. The fourth-order valence-corrected chi connectivity index (χ4v) is 5.30. The SMILES string of the molecule is O=C(Nc1ccc(F)cc1)N1CCCCN2[C@H](CO)[C@@H](c3ccc(-c4ccncc4)cc3)[C@@H]2C1. The van der Waals surface area contributed by atoms with Gasteiger partial charge in [0, 0.05) is 49.2 Å². The van der Waals surface area contributed by atoms with E-state index < -0.39 is 0 Å². The molecule has 0 unspecified atom stereocenters. The van der Waals surface area contributed by atoms with Crippen LogP contribution < -0.4 is 5.32 Å². The first-order valence-corrected chi connectivity index (χ1v) is 11.8. The predicted molar refractivity (Wildman–Crippen MR) is 130 cm³/mol. The Balaban J connectivity index is 1.34. The van der Waals surface area contributed by atoms with Crippen molar-refractivity contribution in [3.05, 3.63) is 84.4 Å². The maximum absolute atomic E-state index is 13.2. The van der Waals surface area contributed by atoms with Gasteiger partial charge >= 0.3 is 6.03 Å². The molecule has 2 saturated heterocycles. The number of fused-ring (bicyclic) bond motifs is 1. The van der Waals surface area contributed by atoms with Crippen LogP contribution in [0.1, 0.15) is 24.3 Å². The van der Waals surface area contributed by atoms with Crippen molar-refractivity contribution in [3.8, 4) is 11.1 Å². The summed E-state index contributed by atoms with van der Waals surface area (Å²) in [6, 6.07) is 18.3. The van der Waals surface area contributed by atoms with Crippen LogP contribution in [-0.2, 0) is 0 Å². The first-order chi connectivity index (χ1) is 16.6. The zero-order valence-corrected chi connectivity index (χ0v) is 19.0. The first kappa shape index (κ1) is 22.5. The number of benzene rings is 2. The molecule has 0 radical (unpaired) electrons. The van der Waals surface area contributed by atoms with E-state index >= 15 is 0 Å². The van der Waals surface area contributed by atoms with Crippen molar-refractivity contribution >= 4 is 11.7 Å². The molecule has 3 aromatic rings. The molecular weight excluding hydrogens is 431 g/mol. The number of aliphatic hydroxyl groups is 1. The number of aliphatic hydroxyl groups excluding tert-OH is 1. The summed E-state index contributed by atoms with van der Waals surface area (Å²) in [6.45, 7) is 2.28. The molecule has 2 fully saturated rings. The monoisotopic (exact) mass is 460 g/mol. The highest BCUT2D eigenvalue weighted by atomic mass is 19.1. The van der Waals surface area contributed by atoms with E-state index in [4.69, 9.17) is 0 Å². The van der Waals surface area contributed by atoms with Crippen LogP contribution in [-0.4, -0.2) is 64.2 Å². The number of carbonyl (C=O) groups is 1. The number of aromatic nitrogens is 1. The molecule has 2 N–H and O–H groups in total. The number of carbonyl (C=O) groups excluding carboxylic acids is 1. The third-order valence-corrected chi connectivity index (χ3v) is 7.06. The molecule has 34 heavy (non-hydrogen) atoms. The maximum Gasteiger partial charge on any atom is 0.321 e. The summed E-state index contributed by atoms with van der Waals surface area (Å²) in [6.07, 6.45) is 5.45. The predicted octanol–water partition coefficient (Wildman–Crippen LogP) is 4.34. The Morgan fingerprint density at radius 2 is 1.65 bits per heavy atom. The van der Waals surface area contributed by atoms with Crippen LogP contribution in [0.25, 0.3) is 11.1 Å². The van der Waals surface area contributed by atoms with Crippen molar-refractivity contribution in [2.45, 2.75) is 30.8 Å². The van der Waals surface area contributed by atoms with Gasteiger partial charge in [-0.05, 0) is 72.5 Å². The van der Waals surface area contributed by atoms with Gasteiger partial charge in [0.05, 0.1) is 6.61 Å². The third kappa shape index (κ3) is 4.54. The van der Waals surface area contributed by atoms with Crippen LogP contribution in [0.5, 0.6) is 0 Å². The topological polar surface area (TPSA) is 68.7 Å². The fourth-order valence-electron chi connectivity index (χ4n) is 5.30. The fraction of sp³-hybridized carbons (Fsp3) is 0.333. The Labute approximate surface area is 199 Å². The average Bonchev–Trinajstić information content (AvgIpc) is 2.85. The van der Waals surface area contributed by atoms with Crippen molar-refractivity contribution in [2.75, 3.05) is 31.6 Å². The van der Waals surface area contributed by atoms with Crippen LogP contribution in [0.2, 0.25) is 0 Å². The van der Waals surface area contributed by atoms with Gasteiger partial charge in [0.1, 0.15) is 5.82 Å². The van der Waals surface area contributed by atoms with Crippen molar-refractivity contribution in [1.82, 2.24) is 14.8 Å². The highest BCUT2D eigenvalue weighted by Gasteiger charge is 2.49. The van der Waals surface area contributed by atoms with Crippen molar-refractivity contribution in [3.63, 3.8) is 0 Å². The lowest BCUT2D eigenvalue weighted by molar-refractivity contribution is -0.0585. The van der Waals surface area contributed by atoms with Crippen molar-refractivity contribution in [1.29, 1.82) is 0 Å². The quantitative estimate of drug-likeness (QED) is 0.608. The van der Waals surface area contributed by atoms with Crippen molar-refractivity contribution < 1.29 is 14.3 Å². The number of nitrogens with one attached hydrogen (secondary N) is 1. The lowest BCUT2D eigenvalue weighted by Gasteiger charge is -2.57. The maximum atomic E-state index is 13.2. The van der Waals surface area contributed by atoms with Gasteiger partial charge < -0.3 is 15.3 Å². The zero-order valence-electron chi connectivity index (χ0n) is 19.0. The molecule has 6 nitrogen and oxygen atoms in total. The minimum atomic E-state index is -0.331. The van der Waals surface area contributed by atoms with E-state index in [1.807, 2.05) is 17.0 Å². The van der Waals surface area contributed by atoms with Crippen LogP contribution in [0.4, 0.5) is 14.9 Å². The molecule has 2 aliphatic heterocycles. The average molecular weight is 461 g/mol. The Kier molecular flexibility index (Phi) is 6.56.